The third-order valence-corrected chi connectivity index (χ3v) is 1.78. The summed E-state index contributed by atoms with van der Waals surface area (Å²) in [6.07, 6.45) is 0.319. The van der Waals surface area contributed by atoms with Crippen LogP contribution in [0.1, 0.15) is 20.3 Å². The van der Waals surface area contributed by atoms with Gasteiger partial charge >= 0.3 is 0 Å². The molecule has 0 aliphatic carbocycles. The van der Waals surface area contributed by atoms with Gasteiger partial charge in [0.2, 0.25) is 11.8 Å². The summed E-state index contributed by atoms with van der Waals surface area (Å²) in [5, 5.41) is 5.33. The minimum Gasteiger partial charge on any atom is -0.354 e. The first kappa shape index (κ1) is 13.2. The molecule has 0 aliphatic rings. The fraction of sp³-hybridized carbons (Fsp3) is 0.778. The third-order valence-electron chi connectivity index (χ3n) is 1.59. The van der Waals surface area contributed by atoms with Gasteiger partial charge in [0, 0.05) is 31.3 Å². The Morgan fingerprint density at radius 3 is 2.29 bits per heavy atom. The molecule has 0 unspecified atom stereocenters. The van der Waals surface area contributed by atoms with E-state index in [-0.39, 0.29) is 17.7 Å². The largest absolute Gasteiger partial charge is 0.354 e. The van der Waals surface area contributed by atoms with Crippen molar-refractivity contribution in [3.8, 4) is 0 Å². The van der Waals surface area contributed by atoms with Gasteiger partial charge in [-0.05, 0) is 0 Å². The van der Waals surface area contributed by atoms with Gasteiger partial charge in [-0.2, -0.15) is 0 Å². The SMILES string of the molecule is CC(C)C(=O)NCCNC(=O)CCCl. The highest BCUT2D eigenvalue weighted by Gasteiger charge is 2.05. The van der Waals surface area contributed by atoms with Gasteiger partial charge in [0.05, 0.1) is 0 Å². The summed E-state index contributed by atoms with van der Waals surface area (Å²) in [7, 11) is 0. The molecule has 0 atom stereocenters. The van der Waals surface area contributed by atoms with Crippen molar-refractivity contribution < 1.29 is 9.59 Å². The summed E-state index contributed by atoms with van der Waals surface area (Å²) >= 11 is 5.37. The Balaban J connectivity index is 3.38. The van der Waals surface area contributed by atoms with Crippen LogP contribution in [0.25, 0.3) is 0 Å². The second kappa shape index (κ2) is 7.62. The number of carbonyl (C=O) groups is 2. The van der Waals surface area contributed by atoms with E-state index in [0.717, 1.165) is 0 Å². The molecule has 0 fully saturated rings. The molecule has 0 radical (unpaired) electrons. The number of amides is 2. The molecule has 0 saturated carbocycles. The molecule has 0 aliphatic heterocycles. The summed E-state index contributed by atoms with van der Waals surface area (Å²) in [4.78, 5) is 22.0. The van der Waals surface area contributed by atoms with Crippen molar-refractivity contribution in [1.82, 2.24) is 10.6 Å². The van der Waals surface area contributed by atoms with E-state index in [1.165, 1.54) is 0 Å². The Labute approximate surface area is 89.4 Å². The van der Waals surface area contributed by atoms with Crippen LogP contribution in [0.3, 0.4) is 0 Å². The van der Waals surface area contributed by atoms with E-state index >= 15 is 0 Å². The van der Waals surface area contributed by atoms with E-state index < -0.39 is 0 Å². The Morgan fingerprint density at radius 1 is 1.21 bits per heavy atom. The summed E-state index contributed by atoms with van der Waals surface area (Å²) < 4.78 is 0. The maximum atomic E-state index is 11.1. The van der Waals surface area contributed by atoms with Crippen molar-refractivity contribution >= 4 is 23.4 Å². The van der Waals surface area contributed by atoms with Crippen LogP contribution in [0.2, 0.25) is 0 Å². The monoisotopic (exact) mass is 220 g/mol. The molecular weight excluding hydrogens is 204 g/mol. The zero-order valence-corrected chi connectivity index (χ0v) is 9.36. The molecule has 2 N–H and O–H groups in total. The molecule has 0 aromatic carbocycles. The van der Waals surface area contributed by atoms with Crippen LogP contribution in [0.5, 0.6) is 0 Å². The maximum absolute atomic E-state index is 11.1. The predicted octanol–water partition coefficient (Wildman–Crippen LogP) is 0.504. The molecule has 4 nitrogen and oxygen atoms in total. The average molecular weight is 221 g/mol. The van der Waals surface area contributed by atoms with E-state index in [2.05, 4.69) is 10.6 Å². The van der Waals surface area contributed by atoms with Crippen molar-refractivity contribution in [1.29, 1.82) is 0 Å². The number of carbonyl (C=O) groups excluding carboxylic acids is 2. The lowest BCUT2D eigenvalue weighted by molar-refractivity contribution is -0.124. The lowest BCUT2D eigenvalue weighted by atomic mass is 10.2. The highest BCUT2D eigenvalue weighted by atomic mass is 35.5. The number of nitrogens with one attached hydrogen (secondary N) is 2. The maximum Gasteiger partial charge on any atom is 0.222 e. The van der Waals surface area contributed by atoms with Crippen molar-refractivity contribution in [3.63, 3.8) is 0 Å². The van der Waals surface area contributed by atoms with E-state index in [1.807, 2.05) is 13.8 Å². The summed E-state index contributed by atoms with van der Waals surface area (Å²) in [5.74, 6) is 0.216. The number of rotatable bonds is 6. The zero-order chi connectivity index (χ0) is 11.0. The minimum absolute atomic E-state index is 0.00316. The van der Waals surface area contributed by atoms with Gasteiger partial charge in [-0.15, -0.1) is 11.6 Å². The Kier molecular flexibility index (Phi) is 7.20. The fourth-order valence-corrected chi connectivity index (χ4v) is 0.938. The standard InChI is InChI=1S/C9H17ClN2O2/c1-7(2)9(14)12-6-5-11-8(13)3-4-10/h7H,3-6H2,1-2H3,(H,11,13)(H,12,14). The van der Waals surface area contributed by atoms with Gasteiger partial charge < -0.3 is 10.6 Å². The molecule has 0 aromatic rings. The second-order valence-corrected chi connectivity index (χ2v) is 3.61. The van der Waals surface area contributed by atoms with Crippen LogP contribution >= 0.6 is 11.6 Å². The summed E-state index contributed by atoms with van der Waals surface area (Å²) in [6, 6.07) is 0. The Morgan fingerprint density at radius 2 is 1.79 bits per heavy atom. The third kappa shape index (κ3) is 6.71. The van der Waals surface area contributed by atoms with Crippen molar-refractivity contribution in [2.75, 3.05) is 19.0 Å². The lowest BCUT2D eigenvalue weighted by Crippen LogP contribution is -2.36. The highest BCUT2D eigenvalue weighted by Crippen LogP contribution is 1.89. The van der Waals surface area contributed by atoms with E-state index in [9.17, 15) is 9.59 Å². The van der Waals surface area contributed by atoms with Gasteiger partial charge in [-0.25, -0.2) is 0 Å². The normalized spacial score (nSPS) is 10.0. The second-order valence-electron chi connectivity index (χ2n) is 3.23. The van der Waals surface area contributed by atoms with Crippen LogP contribution in [-0.2, 0) is 9.59 Å². The van der Waals surface area contributed by atoms with E-state index in [4.69, 9.17) is 11.6 Å². The zero-order valence-electron chi connectivity index (χ0n) is 8.60. The van der Waals surface area contributed by atoms with Crippen LogP contribution in [0, 0.1) is 5.92 Å². The number of hydrogen-bond donors (Lipinski definition) is 2. The topological polar surface area (TPSA) is 58.2 Å². The van der Waals surface area contributed by atoms with Crippen molar-refractivity contribution in [2.45, 2.75) is 20.3 Å². The molecular formula is C9H17ClN2O2. The van der Waals surface area contributed by atoms with Crippen LogP contribution < -0.4 is 10.6 Å². The summed E-state index contributed by atoms with van der Waals surface area (Å²) in [6.45, 7) is 4.56. The van der Waals surface area contributed by atoms with Crippen molar-refractivity contribution in [3.05, 3.63) is 0 Å². The van der Waals surface area contributed by atoms with Crippen LogP contribution in [0.4, 0.5) is 0 Å². The quantitative estimate of drug-likeness (QED) is 0.506. The van der Waals surface area contributed by atoms with Gasteiger partial charge in [0.1, 0.15) is 0 Å². The first-order chi connectivity index (χ1) is 6.57. The fourth-order valence-electron chi connectivity index (χ4n) is 0.766. The average Bonchev–Trinajstić information content (AvgIpc) is 2.12. The first-order valence-electron chi connectivity index (χ1n) is 4.68. The number of alkyl halides is 1. The van der Waals surface area contributed by atoms with Gasteiger partial charge in [0.25, 0.3) is 0 Å². The molecule has 14 heavy (non-hydrogen) atoms. The summed E-state index contributed by atoms with van der Waals surface area (Å²) in [5.41, 5.74) is 0. The smallest absolute Gasteiger partial charge is 0.222 e. The molecule has 0 heterocycles. The first-order valence-corrected chi connectivity index (χ1v) is 5.21. The van der Waals surface area contributed by atoms with Gasteiger partial charge in [-0.1, -0.05) is 13.8 Å². The molecule has 0 spiro atoms. The van der Waals surface area contributed by atoms with E-state index in [0.29, 0.717) is 25.4 Å². The highest BCUT2D eigenvalue weighted by molar-refractivity contribution is 6.18. The molecule has 82 valence electrons. The predicted molar refractivity (Wildman–Crippen MR) is 56.2 cm³/mol. The lowest BCUT2D eigenvalue weighted by Gasteiger charge is -2.08. The number of halogens is 1. The number of hydrogen-bond acceptors (Lipinski definition) is 2. The molecule has 5 heteroatoms. The van der Waals surface area contributed by atoms with Crippen molar-refractivity contribution in [2.24, 2.45) is 5.92 Å². The Hall–Kier alpha value is -0.770. The minimum atomic E-state index is -0.0844. The van der Waals surface area contributed by atoms with Crippen LogP contribution in [-0.4, -0.2) is 30.8 Å². The molecule has 2 amide bonds. The van der Waals surface area contributed by atoms with Gasteiger partial charge in [-0.3, -0.25) is 9.59 Å². The van der Waals surface area contributed by atoms with Gasteiger partial charge in [0.15, 0.2) is 0 Å². The van der Waals surface area contributed by atoms with E-state index in [1.54, 1.807) is 0 Å². The Bertz CT molecular complexity index is 195. The molecule has 0 bridgehead atoms. The van der Waals surface area contributed by atoms with Crippen LogP contribution in [0.15, 0.2) is 0 Å². The molecule has 0 aromatic heterocycles. The molecule has 0 rings (SSSR count). The molecule has 0 saturated heterocycles.